The number of carbonyl (C=O) groups excluding carboxylic acids is 3. The lowest BCUT2D eigenvalue weighted by Gasteiger charge is -2.19. The number of alkyl carbamates (subject to hydrolysis) is 1. The van der Waals surface area contributed by atoms with E-state index in [0.717, 1.165) is 15.6 Å². The highest BCUT2D eigenvalue weighted by molar-refractivity contribution is 9.10. The zero-order valence-electron chi connectivity index (χ0n) is 18.0. The highest BCUT2D eigenvalue weighted by Crippen LogP contribution is 2.17. The van der Waals surface area contributed by atoms with Crippen LogP contribution in [-0.4, -0.2) is 30.1 Å². The van der Waals surface area contributed by atoms with Crippen molar-refractivity contribution in [3.8, 4) is 0 Å². The normalized spacial score (nSPS) is 10.8. The monoisotopic (exact) mass is 489 g/mol. The van der Waals surface area contributed by atoms with Crippen LogP contribution in [0.5, 0.6) is 0 Å². The van der Waals surface area contributed by atoms with Crippen LogP contribution in [0.15, 0.2) is 53.0 Å². The minimum Gasteiger partial charge on any atom is -0.444 e. The fourth-order valence-electron chi connectivity index (χ4n) is 2.62. The van der Waals surface area contributed by atoms with Crippen LogP contribution >= 0.6 is 15.9 Å². The van der Waals surface area contributed by atoms with E-state index in [1.54, 1.807) is 32.9 Å². The Bertz CT molecular complexity index is 908. The maximum absolute atomic E-state index is 12.1. The highest BCUT2D eigenvalue weighted by atomic mass is 79.9. The van der Waals surface area contributed by atoms with E-state index in [2.05, 4.69) is 31.9 Å². The molecule has 0 aliphatic carbocycles. The topological polar surface area (TPSA) is 96.5 Å². The largest absolute Gasteiger partial charge is 0.444 e. The molecule has 2 aromatic carbocycles. The first-order valence-electron chi connectivity index (χ1n) is 9.98. The summed E-state index contributed by atoms with van der Waals surface area (Å²) in [5.41, 5.74) is 1.99. The number of anilines is 1. The third-order valence-corrected chi connectivity index (χ3v) is 4.87. The van der Waals surface area contributed by atoms with Crippen molar-refractivity contribution in [2.24, 2.45) is 0 Å². The molecule has 0 aromatic heterocycles. The summed E-state index contributed by atoms with van der Waals surface area (Å²) in [5.74, 6) is -0.389. The maximum atomic E-state index is 12.1. The molecule has 0 unspecified atom stereocenters. The van der Waals surface area contributed by atoms with Gasteiger partial charge in [0.15, 0.2) is 0 Å². The molecular weight excluding hydrogens is 462 g/mol. The van der Waals surface area contributed by atoms with Crippen molar-refractivity contribution < 1.29 is 19.1 Å². The van der Waals surface area contributed by atoms with E-state index in [9.17, 15) is 14.4 Å². The average molecular weight is 490 g/mol. The van der Waals surface area contributed by atoms with Crippen LogP contribution < -0.4 is 16.0 Å². The van der Waals surface area contributed by atoms with Gasteiger partial charge < -0.3 is 20.7 Å². The van der Waals surface area contributed by atoms with E-state index in [1.807, 2.05) is 36.4 Å². The number of hydrogen-bond donors (Lipinski definition) is 3. The van der Waals surface area contributed by atoms with E-state index in [0.29, 0.717) is 25.1 Å². The number of benzene rings is 2. The van der Waals surface area contributed by atoms with Crippen LogP contribution in [0.1, 0.15) is 38.3 Å². The fourth-order valence-corrected chi connectivity index (χ4v) is 3.10. The minimum absolute atomic E-state index is 0.0265. The zero-order valence-corrected chi connectivity index (χ0v) is 19.5. The Morgan fingerprint density at radius 3 is 2.26 bits per heavy atom. The lowest BCUT2D eigenvalue weighted by atomic mass is 10.1. The third kappa shape index (κ3) is 9.65. The van der Waals surface area contributed by atoms with Gasteiger partial charge in [0, 0.05) is 23.1 Å². The molecule has 31 heavy (non-hydrogen) atoms. The maximum Gasteiger partial charge on any atom is 0.408 e. The van der Waals surface area contributed by atoms with E-state index in [-0.39, 0.29) is 18.4 Å². The molecule has 0 radical (unpaired) electrons. The number of carbonyl (C=O) groups is 3. The first kappa shape index (κ1) is 24.4. The Kier molecular flexibility index (Phi) is 9.05. The predicted molar refractivity (Wildman–Crippen MR) is 124 cm³/mol. The summed E-state index contributed by atoms with van der Waals surface area (Å²) in [5, 5.41) is 8.00. The molecule has 3 N–H and O–H groups in total. The van der Waals surface area contributed by atoms with Gasteiger partial charge in [-0.25, -0.2) is 4.79 Å². The summed E-state index contributed by atoms with van der Waals surface area (Å²) >= 11 is 3.49. The van der Waals surface area contributed by atoms with E-state index in [1.165, 1.54) is 0 Å². The number of rotatable bonds is 8. The molecular formula is C23H28BrN3O4. The van der Waals surface area contributed by atoms with Gasteiger partial charge in [0.25, 0.3) is 0 Å². The van der Waals surface area contributed by atoms with Crippen LogP contribution in [0.25, 0.3) is 0 Å². The van der Waals surface area contributed by atoms with Gasteiger partial charge in [-0.3, -0.25) is 9.59 Å². The molecule has 0 fully saturated rings. The van der Waals surface area contributed by atoms with Crippen molar-refractivity contribution in [2.45, 2.75) is 45.8 Å². The Hall–Kier alpha value is -2.87. The molecule has 3 amide bonds. The number of aryl methyl sites for hydroxylation is 1. The van der Waals surface area contributed by atoms with Crippen molar-refractivity contribution in [3.05, 3.63) is 64.1 Å². The lowest BCUT2D eigenvalue weighted by Crippen LogP contribution is -2.37. The van der Waals surface area contributed by atoms with Crippen LogP contribution in [0, 0.1) is 0 Å². The van der Waals surface area contributed by atoms with Gasteiger partial charge in [-0.05, 0) is 56.5 Å². The summed E-state index contributed by atoms with van der Waals surface area (Å²) in [4.78, 5) is 35.6. The summed E-state index contributed by atoms with van der Waals surface area (Å²) in [6.45, 7) is 5.46. The van der Waals surface area contributed by atoms with Crippen LogP contribution in [-0.2, 0) is 27.3 Å². The Labute approximate surface area is 191 Å². The van der Waals surface area contributed by atoms with Crippen molar-refractivity contribution >= 4 is 39.5 Å². The molecule has 8 heteroatoms. The molecule has 166 valence electrons. The molecule has 2 rings (SSSR count). The van der Waals surface area contributed by atoms with Crippen molar-refractivity contribution in [2.75, 3.05) is 11.9 Å². The van der Waals surface area contributed by atoms with Crippen molar-refractivity contribution in [3.63, 3.8) is 0 Å². The van der Waals surface area contributed by atoms with Crippen molar-refractivity contribution in [1.29, 1.82) is 0 Å². The predicted octanol–water partition coefficient (Wildman–Crippen LogP) is 4.16. The molecule has 0 spiro atoms. The second-order valence-electron chi connectivity index (χ2n) is 7.97. The summed E-state index contributed by atoms with van der Waals surface area (Å²) in [7, 11) is 0. The van der Waals surface area contributed by atoms with Gasteiger partial charge in [-0.15, -0.1) is 0 Å². The number of hydrogen-bond acceptors (Lipinski definition) is 4. The molecule has 2 aromatic rings. The summed E-state index contributed by atoms with van der Waals surface area (Å²) in [6.07, 6.45) is 0.421. The number of nitrogens with one attached hydrogen (secondary N) is 3. The summed E-state index contributed by atoms with van der Waals surface area (Å²) < 4.78 is 6.08. The second-order valence-corrected chi connectivity index (χ2v) is 8.82. The molecule has 0 bridgehead atoms. The molecule has 0 saturated heterocycles. The van der Waals surface area contributed by atoms with Gasteiger partial charge in [0.1, 0.15) is 12.1 Å². The second kappa shape index (κ2) is 11.5. The molecule has 0 atom stereocenters. The standard InChI is InChI=1S/C23H28BrN3O4/c1-23(2,3)31-22(30)26-15-21(29)27-18-11-8-16(9-12-18)14-25-20(28)13-10-17-6-4-5-7-19(17)24/h4-9,11-12H,10,13-15H2,1-3H3,(H,25,28)(H,26,30)(H,27,29). The number of amides is 3. The van der Waals surface area contributed by atoms with Crippen LogP contribution in [0.4, 0.5) is 10.5 Å². The quantitative estimate of drug-likeness (QED) is 0.518. The SMILES string of the molecule is CC(C)(C)OC(=O)NCC(=O)Nc1ccc(CNC(=O)CCc2ccccc2Br)cc1. The molecule has 0 aliphatic heterocycles. The van der Waals surface area contributed by atoms with Crippen molar-refractivity contribution in [1.82, 2.24) is 10.6 Å². The molecule has 0 heterocycles. The first-order valence-corrected chi connectivity index (χ1v) is 10.8. The van der Waals surface area contributed by atoms with Gasteiger partial charge in [0.2, 0.25) is 11.8 Å². The average Bonchev–Trinajstić information content (AvgIpc) is 2.70. The first-order chi connectivity index (χ1) is 14.6. The van der Waals surface area contributed by atoms with Gasteiger partial charge >= 0.3 is 6.09 Å². The van der Waals surface area contributed by atoms with E-state index >= 15 is 0 Å². The van der Waals surface area contributed by atoms with E-state index < -0.39 is 11.7 Å². The Morgan fingerprint density at radius 2 is 1.61 bits per heavy atom. The smallest absolute Gasteiger partial charge is 0.408 e. The fraction of sp³-hybridized carbons (Fsp3) is 0.348. The Morgan fingerprint density at radius 1 is 0.935 bits per heavy atom. The van der Waals surface area contributed by atoms with E-state index in [4.69, 9.17) is 4.74 Å². The lowest BCUT2D eigenvalue weighted by molar-refractivity contribution is -0.121. The van der Waals surface area contributed by atoms with Gasteiger partial charge in [-0.1, -0.05) is 46.3 Å². The van der Waals surface area contributed by atoms with Gasteiger partial charge in [0.05, 0.1) is 0 Å². The van der Waals surface area contributed by atoms with Crippen LogP contribution in [0.2, 0.25) is 0 Å². The van der Waals surface area contributed by atoms with Gasteiger partial charge in [-0.2, -0.15) is 0 Å². The highest BCUT2D eigenvalue weighted by Gasteiger charge is 2.16. The third-order valence-electron chi connectivity index (χ3n) is 4.10. The Balaban J connectivity index is 1.71. The molecule has 0 aliphatic rings. The zero-order chi connectivity index (χ0) is 22.9. The summed E-state index contributed by atoms with van der Waals surface area (Å²) in [6, 6.07) is 15.0. The van der Waals surface area contributed by atoms with Crippen LogP contribution in [0.3, 0.4) is 0 Å². The number of ether oxygens (including phenoxy) is 1. The minimum atomic E-state index is -0.645. The number of halogens is 1. The molecule has 7 nitrogen and oxygen atoms in total. The molecule has 0 saturated carbocycles.